The van der Waals surface area contributed by atoms with Gasteiger partial charge in [-0.25, -0.2) is 14.6 Å². The van der Waals surface area contributed by atoms with Gasteiger partial charge in [0.15, 0.2) is 23.1 Å². The van der Waals surface area contributed by atoms with Crippen LogP contribution in [0.3, 0.4) is 0 Å². The van der Waals surface area contributed by atoms with Gasteiger partial charge in [-0.2, -0.15) is 0 Å². The summed E-state index contributed by atoms with van der Waals surface area (Å²) in [5, 5.41) is 29.0. The molecule has 0 amide bonds. The van der Waals surface area contributed by atoms with Crippen LogP contribution in [-0.4, -0.2) is 67.5 Å². The average molecular weight is 468 g/mol. The van der Waals surface area contributed by atoms with Crippen LogP contribution >= 0.6 is 0 Å². The Hall–Kier alpha value is -3.54. The number of benzene rings is 1. The Morgan fingerprint density at radius 2 is 2.00 bits per heavy atom. The number of rotatable bonds is 12. The number of aliphatic hydroxyl groups excluding tert-OH is 2. The van der Waals surface area contributed by atoms with E-state index in [-0.39, 0.29) is 12.4 Å². The molecule has 4 rings (SSSR count). The maximum Gasteiger partial charge on any atom is 0.199 e. The topological polar surface area (TPSA) is 157 Å². The molecule has 11 nitrogen and oxygen atoms in total. The summed E-state index contributed by atoms with van der Waals surface area (Å²) < 4.78 is 12.9. The average Bonchev–Trinajstić information content (AvgIpc) is 3.46. The summed E-state index contributed by atoms with van der Waals surface area (Å²) in [7, 11) is 0. The highest BCUT2D eigenvalue weighted by Crippen LogP contribution is 2.36. The van der Waals surface area contributed by atoms with Gasteiger partial charge in [-0.05, 0) is 36.6 Å². The zero-order chi connectivity index (χ0) is 23.9. The first kappa shape index (κ1) is 23.6. The molecule has 1 unspecified atom stereocenters. The number of hydrogen-bond acceptors (Lipinski definition) is 10. The SMILES string of the molecule is CCn1c(-c2nonc2N)nc2c(-c3ccccc3)ncc(OCCCCNCC(O)CO)c21. The lowest BCUT2D eigenvalue weighted by Gasteiger charge is -2.12. The quantitative estimate of drug-likeness (QED) is 0.227. The van der Waals surface area contributed by atoms with Crippen LogP contribution in [0.25, 0.3) is 33.8 Å². The molecule has 11 heteroatoms. The van der Waals surface area contributed by atoms with Crippen LogP contribution in [-0.2, 0) is 6.54 Å². The lowest BCUT2D eigenvalue weighted by Crippen LogP contribution is -2.30. The first-order valence-corrected chi connectivity index (χ1v) is 11.3. The maximum atomic E-state index is 9.38. The number of unbranched alkanes of at least 4 members (excludes halogenated alkanes) is 1. The highest BCUT2D eigenvalue weighted by atomic mass is 16.6. The fourth-order valence-electron chi connectivity index (χ4n) is 3.73. The number of pyridine rings is 1. The Balaban J connectivity index is 1.61. The first-order chi connectivity index (χ1) is 16.6. The summed E-state index contributed by atoms with van der Waals surface area (Å²) in [6, 6.07) is 9.84. The monoisotopic (exact) mass is 467 g/mol. The number of nitrogens with zero attached hydrogens (tertiary/aromatic N) is 5. The zero-order valence-corrected chi connectivity index (χ0v) is 19.0. The van der Waals surface area contributed by atoms with Gasteiger partial charge in [0.25, 0.3) is 0 Å². The molecule has 1 aromatic carbocycles. The van der Waals surface area contributed by atoms with E-state index in [4.69, 9.17) is 25.2 Å². The van der Waals surface area contributed by atoms with Crippen LogP contribution in [0.15, 0.2) is 41.2 Å². The summed E-state index contributed by atoms with van der Waals surface area (Å²) in [6.45, 7) is 3.93. The molecule has 0 saturated heterocycles. The summed E-state index contributed by atoms with van der Waals surface area (Å²) in [6.07, 6.45) is 2.65. The summed E-state index contributed by atoms with van der Waals surface area (Å²) >= 11 is 0. The van der Waals surface area contributed by atoms with Gasteiger partial charge in [0.2, 0.25) is 0 Å². The minimum Gasteiger partial charge on any atom is -0.490 e. The minimum absolute atomic E-state index is 0.167. The van der Waals surface area contributed by atoms with Crippen LogP contribution in [0.4, 0.5) is 5.82 Å². The van der Waals surface area contributed by atoms with E-state index in [2.05, 4.69) is 20.6 Å². The Bertz CT molecular complexity index is 1210. The third kappa shape index (κ3) is 5.01. The van der Waals surface area contributed by atoms with Crippen molar-refractivity contribution in [1.29, 1.82) is 0 Å². The Labute approximate surface area is 196 Å². The second-order valence-electron chi connectivity index (χ2n) is 7.81. The molecule has 3 heterocycles. The number of nitrogens with two attached hydrogens (primary N) is 1. The molecule has 0 spiro atoms. The Morgan fingerprint density at radius 1 is 1.18 bits per heavy atom. The smallest absolute Gasteiger partial charge is 0.199 e. The summed E-state index contributed by atoms with van der Waals surface area (Å²) in [5.41, 5.74) is 9.50. The standard InChI is InChI=1S/C23H29N7O4/c1-2-30-21-17(33-11-7-6-10-25-12-16(32)14-31)13-26-18(15-8-4-3-5-9-15)19(21)27-23(30)20-22(24)29-34-28-20/h3-5,8-9,13,16,25,31-32H,2,6-7,10-12,14H2,1H3,(H2,24,29). The molecule has 0 aliphatic carbocycles. The van der Waals surface area contributed by atoms with Gasteiger partial charge in [-0.15, -0.1) is 0 Å². The van der Waals surface area contributed by atoms with Crippen LogP contribution in [0.1, 0.15) is 19.8 Å². The number of imidazole rings is 1. The van der Waals surface area contributed by atoms with Crippen molar-refractivity contribution in [2.24, 2.45) is 0 Å². The second-order valence-corrected chi connectivity index (χ2v) is 7.81. The van der Waals surface area contributed by atoms with Gasteiger partial charge in [0, 0.05) is 18.7 Å². The van der Waals surface area contributed by atoms with Gasteiger partial charge in [0.05, 0.1) is 31.2 Å². The van der Waals surface area contributed by atoms with E-state index in [9.17, 15) is 5.11 Å². The van der Waals surface area contributed by atoms with Crippen LogP contribution in [0.5, 0.6) is 5.75 Å². The number of fused-ring (bicyclic) bond motifs is 1. The molecule has 5 N–H and O–H groups in total. The number of nitrogen functional groups attached to an aromatic ring is 1. The van der Waals surface area contributed by atoms with E-state index in [1.165, 1.54) is 0 Å². The van der Waals surface area contributed by atoms with Gasteiger partial charge in [-0.3, -0.25) is 0 Å². The molecule has 0 aliphatic rings. The molecular weight excluding hydrogens is 438 g/mol. The summed E-state index contributed by atoms with van der Waals surface area (Å²) in [4.78, 5) is 9.51. The number of aliphatic hydroxyl groups is 2. The van der Waals surface area contributed by atoms with Gasteiger partial charge in [-0.1, -0.05) is 30.3 Å². The Morgan fingerprint density at radius 3 is 2.71 bits per heavy atom. The first-order valence-electron chi connectivity index (χ1n) is 11.3. The fourth-order valence-corrected chi connectivity index (χ4v) is 3.73. The number of nitrogens with one attached hydrogen (secondary N) is 1. The molecule has 0 saturated carbocycles. The predicted octanol–water partition coefficient (Wildman–Crippen LogP) is 1.85. The number of hydrogen-bond donors (Lipinski definition) is 4. The molecule has 3 aromatic heterocycles. The molecule has 0 radical (unpaired) electrons. The van der Waals surface area contributed by atoms with Crippen molar-refractivity contribution in [1.82, 2.24) is 30.2 Å². The molecule has 180 valence electrons. The third-order valence-electron chi connectivity index (χ3n) is 5.42. The van der Waals surface area contributed by atoms with Crippen molar-refractivity contribution in [3.05, 3.63) is 36.5 Å². The van der Waals surface area contributed by atoms with Crippen molar-refractivity contribution in [2.45, 2.75) is 32.4 Å². The highest BCUT2D eigenvalue weighted by Gasteiger charge is 2.23. The van der Waals surface area contributed by atoms with Crippen molar-refractivity contribution < 1.29 is 19.6 Å². The lowest BCUT2D eigenvalue weighted by molar-refractivity contribution is 0.0944. The predicted molar refractivity (Wildman–Crippen MR) is 127 cm³/mol. The molecule has 0 aliphatic heterocycles. The molecule has 0 fully saturated rings. The third-order valence-corrected chi connectivity index (χ3v) is 5.42. The maximum absolute atomic E-state index is 9.38. The van der Waals surface area contributed by atoms with E-state index < -0.39 is 6.10 Å². The van der Waals surface area contributed by atoms with Crippen LogP contribution in [0, 0.1) is 0 Å². The van der Waals surface area contributed by atoms with Crippen molar-refractivity contribution in [2.75, 3.05) is 32.0 Å². The molecule has 1 atom stereocenters. The normalized spacial score (nSPS) is 12.3. The number of ether oxygens (including phenoxy) is 1. The van der Waals surface area contributed by atoms with Crippen molar-refractivity contribution in [3.8, 4) is 28.5 Å². The van der Waals surface area contributed by atoms with Gasteiger partial charge < -0.3 is 30.6 Å². The van der Waals surface area contributed by atoms with Gasteiger partial charge in [0.1, 0.15) is 11.0 Å². The second kappa shape index (κ2) is 11.1. The number of anilines is 1. The minimum atomic E-state index is -0.740. The number of aromatic nitrogens is 5. The van der Waals surface area contributed by atoms with E-state index in [1.807, 2.05) is 41.8 Å². The van der Waals surface area contributed by atoms with E-state index in [1.54, 1.807) is 6.20 Å². The van der Waals surface area contributed by atoms with E-state index >= 15 is 0 Å². The molecule has 34 heavy (non-hydrogen) atoms. The van der Waals surface area contributed by atoms with E-state index in [0.29, 0.717) is 42.5 Å². The van der Waals surface area contributed by atoms with Crippen LogP contribution < -0.4 is 15.8 Å². The summed E-state index contributed by atoms with van der Waals surface area (Å²) in [5.74, 6) is 1.33. The van der Waals surface area contributed by atoms with Crippen molar-refractivity contribution >= 4 is 16.9 Å². The van der Waals surface area contributed by atoms with Crippen LogP contribution in [0.2, 0.25) is 0 Å². The Kier molecular flexibility index (Phi) is 7.68. The molecule has 0 bridgehead atoms. The lowest BCUT2D eigenvalue weighted by atomic mass is 10.1. The van der Waals surface area contributed by atoms with E-state index in [0.717, 1.165) is 36.2 Å². The molecule has 4 aromatic rings. The number of aryl methyl sites for hydroxylation is 1. The molecular formula is C23H29N7O4. The largest absolute Gasteiger partial charge is 0.490 e. The van der Waals surface area contributed by atoms with Crippen molar-refractivity contribution in [3.63, 3.8) is 0 Å². The highest BCUT2D eigenvalue weighted by molar-refractivity contribution is 5.95. The fraction of sp³-hybridized carbons (Fsp3) is 0.391. The zero-order valence-electron chi connectivity index (χ0n) is 19.0. The van der Waals surface area contributed by atoms with Gasteiger partial charge >= 0.3 is 0 Å².